The van der Waals surface area contributed by atoms with Crippen molar-refractivity contribution in [3.63, 3.8) is 0 Å². The minimum absolute atomic E-state index is 0.175. The summed E-state index contributed by atoms with van der Waals surface area (Å²) in [7, 11) is 0. The van der Waals surface area contributed by atoms with Crippen molar-refractivity contribution in [1.82, 2.24) is 9.38 Å². The zero-order chi connectivity index (χ0) is 16.6. The molecule has 122 valence electrons. The average molecular weight is 329 g/mol. The van der Waals surface area contributed by atoms with E-state index in [1.54, 1.807) is 11.3 Å². The fourth-order valence-corrected chi connectivity index (χ4v) is 4.00. The predicted octanol–water partition coefficient (Wildman–Crippen LogP) is 4.18. The van der Waals surface area contributed by atoms with Gasteiger partial charge >= 0.3 is 0 Å². The predicted molar refractivity (Wildman–Crippen MR) is 96.3 cm³/mol. The van der Waals surface area contributed by atoms with E-state index >= 15 is 0 Å². The lowest BCUT2D eigenvalue weighted by Crippen LogP contribution is -2.06. The van der Waals surface area contributed by atoms with E-state index in [0.29, 0.717) is 6.54 Å². The number of aryl methyl sites for hydroxylation is 2. The molecule has 5 heteroatoms. The first-order valence-corrected chi connectivity index (χ1v) is 8.83. The molecule has 0 saturated heterocycles. The fraction of sp³-hybridized carbons (Fsp3) is 0.389. The fourth-order valence-electron chi connectivity index (χ4n) is 2.92. The van der Waals surface area contributed by atoms with Gasteiger partial charge in [-0.3, -0.25) is 4.40 Å². The Bertz CT molecular complexity index is 815. The summed E-state index contributed by atoms with van der Waals surface area (Å²) in [4.78, 5) is 7.18. The van der Waals surface area contributed by atoms with E-state index in [2.05, 4.69) is 30.4 Å². The zero-order valence-electron chi connectivity index (χ0n) is 14.1. The van der Waals surface area contributed by atoms with Crippen LogP contribution >= 0.6 is 11.3 Å². The minimum Gasteiger partial charge on any atom is -0.491 e. The maximum absolute atomic E-state index is 6.05. The highest BCUT2D eigenvalue weighted by molar-refractivity contribution is 7.17. The standard InChI is InChI=1S/C18H23N3OS/c1-5-15-12(4)23-18-20-17(16(10-19)21(15)18)13-6-8-14(9-7-13)22-11(2)3/h6-9,11H,5,10,19H2,1-4H3. The first-order chi connectivity index (χ1) is 11.0. The number of aromatic nitrogens is 2. The molecule has 0 aliphatic carbocycles. The van der Waals surface area contributed by atoms with E-state index in [9.17, 15) is 0 Å². The highest BCUT2D eigenvalue weighted by Gasteiger charge is 2.18. The smallest absolute Gasteiger partial charge is 0.194 e. The lowest BCUT2D eigenvalue weighted by atomic mass is 10.1. The second-order valence-electron chi connectivity index (χ2n) is 5.88. The molecule has 2 heterocycles. The van der Waals surface area contributed by atoms with E-state index in [1.165, 1.54) is 10.6 Å². The molecule has 2 N–H and O–H groups in total. The molecule has 0 aliphatic rings. The maximum atomic E-state index is 6.05. The van der Waals surface area contributed by atoms with E-state index in [4.69, 9.17) is 15.5 Å². The van der Waals surface area contributed by atoms with Crippen LogP contribution in [0.1, 0.15) is 37.0 Å². The molecule has 4 nitrogen and oxygen atoms in total. The quantitative estimate of drug-likeness (QED) is 0.764. The molecule has 1 aromatic carbocycles. The molecule has 0 atom stereocenters. The molecule has 3 aromatic rings. The van der Waals surface area contributed by atoms with Gasteiger partial charge in [-0.15, -0.1) is 11.3 Å². The van der Waals surface area contributed by atoms with Gasteiger partial charge in [-0.25, -0.2) is 4.98 Å². The second-order valence-corrected chi connectivity index (χ2v) is 7.06. The number of hydrogen-bond donors (Lipinski definition) is 1. The van der Waals surface area contributed by atoms with Gasteiger partial charge in [0.1, 0.15) is 5.75 Å². The lowest BCUT2D eigenvalue weighted by Gasteiger charge is -2.10. The zero-order valence-corrected chi connectivity index (χ0v) is 14.9. The third kappa shape index (κ3) is 2.86. The van der Waals surface area contributed by atoms with Crippen LogP contribution in [0, 0.1) is 6.92 Å². The Morgan fingerprint density at radius 3 is 2.48 bits per heavy atom. The van der Waals surface area contributed by atoms with Crippen molar-refractivity contribution in [2.75, 3.05) is 0 Å². The van der Waals surface area contributed by atoms with Gasteiger partial charge in [-0.1, -0.05) is 6.92 Å². The lowest BCUT2D eigenvalue weighted by molar-refractivity contribution is 0.242. The van der Waals surface area contributed by atoms with Crippen molar-refractivity contribution in [3.05, 3.63) is 40.5 Å². The number of ether oxygens (including phenoxy) is 1. The summed E-state index contributed by atoms with van der Waals surface area (Å²) in [5.74, 6) is 0.879. The molecule has 0 unspecified atom stereocenters. The molecule has 0 fully saturated rings. The van der Waals surface area contributed by atoms with Crippen LogP contribution in [-0.2, 0) is 13.0 Å². The van der Waals surface area contributed by atoms with Crippen LogP contribution in [0.4, 0.5) is 0 Å². The van der Waals surface area contributed by atoms with Crippen LogP contribution < -0.4 is 10.5 Å². The summed E-state index contributed by atoms with van der Waals surface area (Å²) in [6.07, 6.45) is 1.16. The van der Waals surface area contributed by atoms with E-state index < -0.39 is 0 Å². The summed E-state index contributed by atoms with van der Waals surface area (Å²) in [6, 6.07) is 8.10. The summed E-state index contributed by atoms with van der Waals surface area (Å²) in [5, 5.41) is 0. The van der Waals surface area contributed by atoms with Crippen molar-refractivity contribution in [2.45, 2.75) is 46.8 Å². The number of fused-ring (bicyclic) bond motifs is 1. The topological polar surface area (TPSA) is 52.5 Å². The maximum Gasteiger partial charge on any atom is 0.194 e. The van der Waals surface area contributed by atoms with E-state index in [-0.39, 0.29) is 6.10 Å². The number of nitrogens with two attached hydrogens (primary N) is 1. The molecule has 23 heavy (non-hydrogen) atoms. The van der Waals surface area contributed by atoms with Crippen molar-refractivity contribution in [2.24, 2.45) is 5.73 Å². The van der Waals surface area contributed by atoms with Gasteiger partial charge in [0.15, 0.2) is 4.96 Å². The molecule has 0 aliphatic heterocycles. The molecule has 3 rings (SSSR count). The molecule has 0 radical (unpaired) electrons. The third-order valence-corrected chi connectivity index (χ3v) is 4.89. The largest absolute Gasteiger partial charge is 0.491 e. The SMILES string of the molecule is CCc1c(C)sc2nc(-c3ccc(OC(C)C)cc3)c(CN)n12. The van der Waals surface area contributed by atoms with Gasteiger partial charge in [0.25, 0.3) is 0 Å². The Balaban J connectivity index is 2.07. The molecule has 2 aromatic heterocycles. The van der Waals surface area contributed by atoms with E-state index in [0.717, 1.165) is 34.1 Å². The first kappa shape index (κ1) is 16.0. The highest BCUT2D eigenvalue weighted by Crippen LogP contribution is 2.32. The minimum atomic E-state index is 0.175. The van der Waals surface area contributed by atoms with Crippen LogP contribution in [0.2, 0.25) is 0 Å². The highest BCUT2D eigenvalue weighted by atomic mass is 32.1. The van der Waals surface area contributed by atoms with Gasteiger partial charge in [-0.05, 0) is 51.5 Å². The Kier molecular flexibility index (Phi) is 4.41. The van der Waals surface area contributed by atoms with Crippen molar-refractivity contribution in [3.8, 4) is 17.0 Å². The Morgan fingerprint density at radius 1 is 1.22 bits per heavy atom. The number of rotatable bonds is 5. The van der Waals surface area contributed by atoms with Gasteiger partial charge < -0.3 is 10.5 Å². The molecule has 0 spiro atoms. The first-order valence-electron chi connectivity index (χ1n) is 8.01. The van der Waals surface area contributed by atoms with Crippen LogP contribution in [0.25, 0.3) is 16.2 Å². The second kappa shape index (κ2) is 6.34. The Hall–Kier alpha value is -1.85. The number of hydrogen-bond acceptors (Lipinski definition) is 4. The number of nitrogens with zero attached hydrogens (tertiary/aromatic N) is 2. The van der Waals surface area contributed by atoms with Crippen LogP contribution in [0.5, 0.6) is 5.75 Å². The van der Waals surface area contributed by atoms with Crippen LogP contribution in [0.15, 0.2) is 24.3 Å². The monoisotopic (exact) mass is 329 g/mol. The van der Waals surface area contributed by atoms with E-state index in [1.807, 2.05) is 26.0 Å². The number of benzene rings is 1. The Labute approximate surface area is 140 Å². The summed E-state index contributed by atoms with van der Waals surface area (Å²) in [5.41, 5.74) is 10.5. The third-order valence-electron chi connectivity index (χ3n) is 3.89. The van der Waals surface area contributed by atoms with Crippen LogP contribution in [0.3, 0.4) is 0 Å². The van der Waals surface area contributed by atoms with Crippen molar-refractivity contribution < 1.29 is 4.74 Å². The molecule has 0 amide bonds. The van der Waals surface area contributed by atoms with Gasteiger partial charge in [-0.2, -0.15) is 0 Å². The summed E-state index contributed by atoms with van der Waals surface area (Å²) >= 11 is 1.73. The number of imidazole rings is 1. The molecular weight excluding hydrogens is 306 g/mol. The molecule has 0 saturated carbocycles. The van der Waals surface area contributed by atoms with Gasteiger partial charge in [0.05, 0.1) is 17.5 Å². The summed E-state index contributed by atoms with van der Waals surface area (Å²) in [6.45, 7) is 8.85. The summed E-state index contributed by atoms with van der Waals surface area (Å²) < 4.78 is 7.94. The van der Waals surface area contributed by atoms with Crippen molar-refractivity contribution >= 4 is 16.3 Å². The Morgan fingerprint density at radius 2 is 1.91 bits per heavy atom. The normalized spacial score (nSPS) is 11.6. The average Bonchev–Trinajstić information content (AvgIpc) is 3.01. The molecule has 0 bridgehead atoms. The van der Waals surface area contributed by atoms with Crippen LogP contribution in [-0.4, -0.2) is 15.5 Å². The van der Waals surface area contributed by atoms with Crippen molar-refractivity contribution in [1.29, 1.82) is 0 Å². The molecular formula is C18H23N3OS. The van der Waals surface area contributed by atoms with Gasteiger partial charge in [0, 0.05) is 22.7 Å². The number of thiazole rings is 1. The van der Waals surface area contributed by atoms with Gasteiger partial charge in [0.2, 0.25) is 0 Å².